The summed E-state index contributed by atoms with van der Waals surface area (Å²) >= 11 is 0. The highest BCUT2D eigenvalue weighted by molar-refractivity contribution is 5.88. The summed E-state index contributed by atoms with van der Waals surface area (Å²) in [5, 5.41) is 4.93. The first-order valence-corrected chi connectivity index (χ1v) is 6.85. The first kappa shape index (κ1) is 12.3. The van der Waals surface area contributed by atoms with Crippen LogP contribution in [0.15, 0.2) is 10.9 Å². The Kier molecular flexibility index (Phi) is 3.33. The standard InChI is InChI=1S/C13H19N5O/c1-9-11-12(15-8-16-13(11)19-17-9)18-7-3-2-4-10(18)5-6-14/h8,10H,2-7,14H2,1H3. The third-order valence-electron chi connectivity index (χ3n) is 3.82. The molecule has 6 heteroatoms. The molecule has 1 unspecified atom stereocenters. The van der Waals surface area contributed by atoms with E-state index < -0.39 is 0 Å². The molecule has 0 radical (unpaired) electrons. The van der Waals surface area contributed by atoms with E-state index in [1.807, 2.05) is 6.92 Å². The summed E-state index contributed by atoms with van der Waals surface area (Å²) in [7, 11) is 0. The van der Waals surface area contributed by atoms with E-state index in [2.05, 4.69) is 20.0 Å². The normalized spacial score (nSPS) is 20.1. The highest BCUT2D eigenvalue weighted by Crippen LogP contribution is 2.31. The molecule has 1 fully saturated rings. The Morgan fingerprint density at radius 1 is 1.42 bits per heavy atom. The number of anilines is 1. The lowest BCUT2D eigenvalue weighted by Gasteiger charge is -2.36. The average Bonchev–Trinajstić information content (AvgIpc) is 2.82. The minimum atomic E-state index is 0.464. The Balaban J connectivity index is 2.04. The summed E-state index contributed by atoms with van der Waals surface area (Å²) in [5.74, 6) is 0.946. The van der Waals surface area contributed by atoms with E-state index in [9.17, 15) is 0 Å². The second-order valence-corrected chi connectivity index (χ2v) is 5.07. The Hall–Kier alpha value is -1.69. The van der Waals surface area contributed by atoms with Gasteiger partial charge in [0.15, 0.2) is 0 Å². The van der Waals surface area contributed by atoms with E-state index in [0.717, 1.165) is 29.9 Å². The van der Waals surface area contributed by atoms with Gasteiger partial charge < -0.3 is 15.2 Å². The van der Waals surface area contributed by atoms with Crippen LogP contribution in [0.5, 0.6) is 0 Å². The van der Waals surface area contributed by atoms with Gasteiger partial charge in [-0.25, -0.2) is 4.98 Å². The predicted octanol–water partition coefficient (Wildman–Crippen LogP) is 1.63. The second kappa shape index (κ2) is 5.13. The monoisotopic (exact) mass is 261 g/mol. The van der Waals surface area contributed by atoms with Crippen LogP contribution in [0.3, 0.4) is 0 Å². The fraction of sp³-hybridized carbons (Fsp3) is 0.615. The first-order valence-electron chi connectivity index (χ1n) is 6.85. The largest absolute Gasteiger partial charge is 0.353 e. The molecule has 0 spiro atoms. The maximum Gasteiger partial charge on any atom is 0.263 e. The fourth-order valence-corrected chi connectivity index (χ4v) is 2.89. The predicted molar refractivity (Wildman–Crippen MR) is 73.0 cm³/mol. The van der Waals surface area contributed by atoms with Crippen molar-refractivity contribution in [2.75, 3.05) is 18.0 Å². The van der Waals surface area contributed by atoms with Gasteiger partial charge in [-0.3, -0.25) is 0 Å². The van der Waals surface area contributed by atoms with Crippen molar-refractivity contribution in [3.8, 4) is 0 Å². The molecule has 2 aromatic heterocycles. The van der Waals surface area contributed by atoms with Gasteiger partial charge in [-0.2, -0.15) is 4.98 Å². The third-order valence-corrected chi connectivity index (χ3v) is 3.82. The van der Waals surface area contributed by atoms with Gasteiger partial charge in [0, 0.05) is 12.6 Å². The molecule has 2 N–H and O–H groups in total. The first-order chi connectivity index (χ1) is 9.31. The van der Waals surface area contributed by atoms with Crippen LogP contribution < -0.4 is 10.6 Å². The number of aromatic nitrogens is 3. The third kappa shape index (κ3) is 2.16. The molecule has 19 heavy (non-hydrogen) atoms. The molecular weight excluding hydrogens is 242 g/mol. The maximum atomic E-state index is 5.73. The second-order valence-electron chi connectivity index (χ2n) is 5.07. The van der Waals surface area contributed by atoms with Crippen molar-refractivity contribution in [2.24, 2.45) is 5.73 Å². The van der Waals surface area contributed by atoms with Crippen molar-refractivity contribution in [3.05, 3.63) is 12.0 Å². The quantitative estimate of drug-likeness (QED) is 0.904. The Labute approximate surface area is 112 Å². The van der Waals surface area contributed by atoms with Crippen LogP contribution in [0.4, 0.5) is 5.82 Å². The average molecular weight is 261 g/mol. The maximum absolute atomic E-state index is 5.73. The summed E-state index contributed by atoms with van der Waals surface area (Å²) in [6, 6.07) is 0.464. The van der Waals surface area contributed by atoms with E-state index >= 15 is 0 Å². The van der Waals surface area contributed by atoms with Gasteiger partial charge in [-0.1, -0.05) is 5.16 Å². The van der Waals surface area contributed by atoms with Crippen molar-refractivity contribution in [2.45, 2.75) is 38.6 Å². The lowest BCUT2D eigenvalue weighted by atomic mass is 9.99. The zero-order valence-corrected chi connectivity index (χ0v) is 11.2. The molecule has 1 aliphatic heterocycles. The number of nitrogens with zero attached hydrogens (tertiary/aromatic N) is 4. The molecule has 2 aromatic rings. The number of piperidine rings is 1. The number of aryl methyl sites for hydroxylation is 1. The van der Waals surface area contributed by atoms with Gasteiger partial charge in [0.25, 0.3) is 5.71 Å². The molecule has 0 saturated carbocycles. The SMILES string of the molecule is Cc1noc2ncnc(N3CCCCC3CCN)c12. The summed E-state index contributed by atoms with van der Waals surface area (Å²) in [5.41, 5.74) is 7.15. The van der Waals surface area contributed by atoms with E-state index in [4.69, 9.17) is 10.3 Å². The van der Waals surface area contributed by atoms with Crippen LogP contribution in [-0.4, -0.2) is 34.3 Å². The minimum Gasteiger partial charge on any atom is -0.353 e. The molecule has 1 aliphatic rings. The van der Waals surface area contributed by atoms with Gasteiger partial charge in [-0.15, -0.1) is 0 Å². The van der Waals surface area contributed by atoms with Crippen molar-refractivity contribution >= 4 is 16.9 Å². The Morgan fingerprint density at radius 3 is 3.16 bits per heavy atom. The zero-order chi connectivity index (χ0) is 13.2. The van der Waals surface area contributed by atoms with Gasteiger partial charge in [0.1, 0.15) is 17.5 Å². The van der Waals surface area contributed by atoms with Gasteiger partial charge in [-0.05, 0) is 39.2 Å². The van der Waals surface area contributed by atoms with Crippen LogP contribution in [0.2, 0.25) is 0 Å². The smallest absolute Gasteiger partial charge is 0.263 e. The summed E-state index contributed by atoms with van der Waals surface area (Å²) in [6.45, 7) is 3.65. The molecule has 0 aliphatic carbocycles. The molecule has 1 saturated heterocycles. The molecule has 102 valence electrons. The van der Waals surface area contributed by atoms with Crippen molar-refractivity contribution < 1.29 is 4.52 Å². The number of fused-ring (bicyclic) bond motifs is 1. The minimum absolute atomic E-state index is 0.464. The van der Waals surface area contributed by atoms with E-state index in [-0.39, 0.29) is 0 Å². The fourth-order valence-electron chi connectivity index (χ4n) is 2.89. The van der Waals surface area contributed by atoms with Crippen LogP contribution in [-0.2, 0) is 0 Å². The lowest BCUT2D eigenvalue weighted by molar-refractivity contribution is 0.438. The van der Waals surface area contributed by atoms with Crippen LogP contribution in [0, 0.1) is 6.92 Å². The van der Waals surface area contributed by atoms with Crippen molar-refractivity contribution in [1.82, 2.24) is 15.1 Å². The summed E-state index contributed by atoms with van der Waals surface area (Å²) < 4.78 is 5.22. The highest BCUT2D eigenvalue weighted by Gasteiger charge is 2.26. The highest BCUT2D eigenvalue weighted by atomic mass is 16.5. The molecule has 1 atom stereocenters. The number of hydrogen-bond donors (Lipinski definition) is 1. The van der Waals surface area contributed by atoms with Gasteiger partial charge in [0.05, 0.1) is 5.69 Å². The Morgan fingerprint density at radius 2 is 2.32 bits per heavy atom. The molecule has 0 amide bonds. The molecule has 3 heterocycles. The molecule has 6 nitrogen and oxygen atoms in total. The molecule has 0 bridgehead atoms. The van der Waals surface area contributed by atoms with Crippen LogP contribution >= 0.6 is 0 Å². The number of hydrogen-bond acceptors (Lipinski definition) is 6. The van der Waals surface area contributed by atoms with E-state index in [1.54, 1.807) is 6.33 Å². The Bertz CT molecular complexity index is 565. The van der Waals surface area contributed by atoms with Crippen LogP contribution in [0.1, 0.15) is 31.4 Å². The van der Waals surface area contributed by atoms with E-state index in [0.29, 0.717) is 18.3 Å². The van der Waals surface area contributed by atoms with E-state index in [1.165, 1.54) is 19.3 Å². The van der Waals surface area contributed by atoms with Gasteiger partial charge >= 0.3 is 0 Å². The summed E-state index contributed by atoms with van der Waals surface area (Å²) in [4.78, 5) is 11.0. The lowest BCUT2D eigenvalue weighted by Crippen LogP contribution is -2.41. The van der Waals surface area contributed by atoms with Crippen molar-refractivity contribution in [1.29, 1.82) is 0 Å². The summed E-state index contributed by atoms with van der Waals surface area (Å²) in [6.07, 6.45) is 6.17. The number of nitrogens with two attached hydrogens (primary N) is 1. The van der Waals surface area contributed by atoms with Crippen LogP contribution in [0.25, 0.3) is 11.1 Å². The topological polar surface area (TPSA) is 81.1 Å². The number of rotatable bonds is 3. The molecule has 3 rings (SSSR count). The molecule has 0 aromatic carbocycles. The van der Waals surface area contributed by atoms with Crippen molar-refractivity contribution in [3.63, 3.8) is 0 Å². The zero-order valence-electron chi connectivity index (χ0n) is 11.2. The molecular formula is C13H19N5O. The van der Waals surface area contributed by atoms with Gasteiger partial charge in [0.2, 0.25) is 0 Å².